The Balaban J connectivity index is 3.26. The number of carbonyl (C=O) groups excluding carboxylic acids is 1. The number of nitro groups is 1. The van der Waals surface area contributed by atoms with Gasteiger partial charge in [0.05, 0.1) is 16.6 Å². The molecule has 3 N–H and O–H groups in total. The average molecular weight is 228 g/mol. The van der Waals surface area contributed by atoms with Gasteiger partial charge in [0.1, 0.15) is 0 Å². The van der Waals surface area contributed by atoms with Crippen molar-refractivity contribution in [1.82, 2.24) is 0 Å². The molecule has 1 aromatic carbocycles. The minimum Gasteiger partial charge on any atom is -0.504 e. The van der Waals surface area contributed by atoms with Gasteiger partial charge in [-0.3, -0.25) is 14.9 Å². The number of rotatable bonds is 4. The van der Waals surface area contributed by atoms with Crippen LogP contribution < -0.4 is 5.73 Å². The van der Waals surface area contributed by atoms with Crippen LogP contribution in [0.1, 0.15) is 16.8 Å². The van der Waals surface area contributed by atoms with Gasteiger partial charge in [0.15, 0.2) is 17.3 Å². The third-order valence-electron chi connectivity index (χ3n) is 1.93. The monoisotopic (exact) mass is 228 g/mol. The van der Waals surface area contributed by atoms with E-state index in [-0.39, 0.29) is 13.0 Å². The lowest BCUT2D eigenvalue weighted by Gasteiger charge is -2.03. The predicted molar refractivity (Wildman–Crippen MR) is 52.7 cm³/mol. The number of aromatic hydroxyl groups is 1. The number of hydrogen-bond acceptors (Lipinski definition) is 5. The molecule has 0 heterocycles. The van der Waals surface area contributed by atoms with E-state index in [1.165, 1.54) is 0 Å². The summed E-state index contributed by atoms with van der Waals surface area (Å²) < 4.78 is 13.1. The number of nitro benzene ring substituents is 1. The van der Waals surface area contributed by atoms with Gasteiger partial charge in [-0.05, 0) is 6.54 Å². The van der Waals surface area contributed by atoms with E-state index in [0.29, 0.717) is 6.07 Å². The number of Topliss-reactive ketones (excluding diaryl/α,β-unsaturated/α-hetero) is 1. The Morgan fingerprint density at radius 2 is 2.19 bits per heavy atom. The third-order valence-corrected chi connectivity index (χ3v) is 1.93. The first-order chi connectivity index (χ1) is 7.47. The van der Waals surface area contributed by atoms with Crippen LogP contribution in [0.25, 0.3) is 0 Å². The van der Waals surface area contributed by atoms with Crippen LogP contribution in [0.3, 0.4) is 0 Å². The number of nitrogens with zero attached hydrogens (tertiary/aromatic N) is 1. The predicted octanol–water partition coefficient (Wildman–Crippen LogP) is 0.971. The maximum atomic E-state index is 13.1. The molecule has 0 bridgehead atoms. The molecule has 0 aliphatic carbocycles. The summed E-state index contributed by atoms with van der Waals surface area (Å²) >= 11 is 0. The van der Waals surface area contributed by atoms with Crippen molar-refractivity contribution in [3.8, 4) is 5.75 Å². The quantitative estimate of drug-likeness (QED) is 0.453. The van der Waals surface area contributed by atoms with Crippen LogP contribution >= 0.6 is 0 Å². The van der Waals surface area contributed by atoms with E-state index in [1.54, 1.807) is 0 Å². The van der Waals surface area contributed by atoms with Crippen molar-refractivity contribution in [2.45, 2.75) is 6.42 Å². The summed E-state index contributed by atoms with van der Waals surface area (Å²) in [4.78, 5) is 20.9. The average Bonchev–Trinajstić information content (AvgIpc) is 2.21. The zero-order valence-corrected chi connectivity index (χ0v) is 8.14. The molecule has 0 unspecified atom stereocenters. The van der Waals surface area contributed by atoms with Gasteiger partial charge in [0.2, 0.25) is 0 Å². The summed E-state index contributed by atoms with van der Waals surface area (Å²) in [6.07, 6.45) is -0.117. The van der Waals surface area contributed by atoms with Gasteiger partial charge in [-0.25, -0.2) is 4.39 Å². The van der Waals surface area contributed by atoms with Crippen molar-refractivity contribution in [3.05, 3.63) is 33.6 Å². The smallest absolute Gasteiger partial charge is 0.273 e. The summed E-state index contributed by atoms with van der Waals surface area (Å²) in [5, 5.41) is 19.7. The van der Waals surface area contributed by atoms with Gasteiger partial charge < -0.3 is 10.8 Å². The van der Waals surface area contributed by atoms with Gasteiger partial charge in [-0.15, -0.1) is 0 Å². The standard InChI is InChI=1S/C9H9FN2O4/c10-7-4-5(12(15)16)3-6(9(7)14)8(13)1-2-11/h3-4,14H,1-2,11H2. The van der Waals surface area contributed by atoms with Crippen LogP contribution in [0.4, 0.5) is 10.1 Å². The number of ketones is 1. The molecule has 1 rings (SSSR count). The van der Waals surface area contributed by atoms with E-state index < -0.39 is 33.5 Å². The van der Waals surface area contributed by atoms with Crippen LogP contribution in [-0.2, 0) is 0 Å². The lowest BCUT2D eigenvalue weighted by molar-refractivity contribution is -0.385. The Bertz CT molecular complexity index is 447. The zero-order valence-electron chi connectivity index (χ0n) is 8.14. The van der Waals surface area contributed by atoms with Crippen LogP contribution in [0.15, 0.2) is 12.1 Å². The maximum absolute atomic E-state index is 13.1. The fourth-order valence-corrected chi connectivity index (χ4v) is 1.17. The van der Waals surface area contributed by atoms with Crippen molar-refractivity contribution in [2.75, 3.05) is 6.54 Å². The molecule has 0 atom stereocenters. The van der Waals surface area contributed by atoms with E-state index in [4.69, 9.17) is 5.73 Å². The van der Waals surface area contributed by atoms with Gasteiger partial charge in [-0.2, -0.15) is 0 Å². The number of benzene rings is 1. The van der Waals surface area contributed by atoms with Crippen LogP contribution in [-0.4, -0.2) is 22.4 Å². The summed E-state index contributed by atoms with van der Waals surface area (Å²) in [5.74, 6) is -2.72. The molecular formula is C9H9FN2O4. The number of hydrogen-bond donors (Lipinski definition) is 2. The Morgan fingerprint density at radius 3 is 2.69 bits per heavy atom. The second-order valence-corrected chi connectivity index (χ2v) is 3.04. The third kappa shape index (κ3) is 2.31. The SMILES string of the molecule is NCCC(=O)c1cc([N+](=O)[O-])cc(F)c1O. The largest absolute Gasteiger partial charge is 0.504 e. The first-order valence-electron chi connectivity index (χ1n) is 4.37. The zero-order chi connectivity index (χ0) is 12.3. The maximum Gasteiger partial charge on any atom is 0.273 e. The van der Waals surface area contributed by atoms with E-state index in [1.807, 2.05) is 0 Å². The molecule has 0 radical (unpaired) electrons. The molecule has 0 saturated carbocycles. The number of phenols is 1. The summed E-state index contributed by atoms with van der Waals surface area (Å²) in [6, 6.07) is 1.38. The minimum absolute atomic E-state index is 0.0165. The van der Waals surface area contributed by atoms with Gasteiger partial charge >= 0.3 is 0 Å². The van der Waals surface area contributed by atoms with E-state index in [9.17, 15) is 24.4 Å². The first kappa shape index (κ1) is 12.1. The molecule has 16 heavy (non-hydrogen) atoms. The second kappa shape index (κ2) is 4.67. The lowest BCUT2D eigenvalue weighted by atomic mass is 10.1. The van der Waals surface area contributed by atoms with Gasteiger partial charge in [0, 0.05) is 12.5 Å². The molecule has 1 aromatic rings. The first-order valence-corrected chi connectivity index (χ1v) is 4.37. The molecule has 0 spiro atoms. The Kier molecular flexibility index (Phi) is 3.51. The molecular weight excluding hydrogens is 219 g/mol. The fourth-order valence-electron chi connectivity index (χ4n) is 1.17. The van der Waals surface area contributed by atoms with Gasteiger partial charge in [-0.1, -0.05) is 0 Å². The van der Waals surface area contributed by atoms with Crippen molar-refractivity contribution in [1.29, 1.82) is 0 Å². The Labute approximate surface area is 89.6 Å². The molecule has 0 aliphatic heterocycles. The highest BCUT2D eigenvalue weighted by Crippen LogP contribution is 2.27. The number of nitrogens with two attached hydrogens (primary N) is 1. The molecule has 0 amide bonds. The van der Waals surface area contributed by atoms with Gasteiger partial charge in [0.25, 0.3) is 5.69 Å². The summed E-state index contributed by atoms with van der Waals surface area (Å²) in [6.45, 7) is 0.0165. The molecule has 86 valence electrons. The molecule has 6 nitrogen and oxygen atoms in total. The number of phenolic OH excluding ortho intramolecular Hbond substituents is 1. The Morgan fingerprint density at radius 1 is 1.56 bits per heavy atom. The van der Waals surface area contributed by atoms with Crippen LogP contribution in [0, 0.1) is 15.9 Å². The van der Waals surface area contributed by atoms with Crippen molar-refractivity contribution < 1.29 is 19.2 Å². The lowest BCUT2D eigenvalue weighted by Crippen LogP contribution is -2.09. The van der Waals surface area contributed by atoms with E-state index in [0.717, 1.165) is 6.07 Å². The van der Waals surface area contributed by atoms with Crippen molar-refractivity contribution >= 4 is 11.5 Å². The van der Waals surface area contributed by atoms with Crippen LogP contribution in [0.2, 0.25) is 0 Å². The highest BCUT2D eigenvalue weighted by Gasteiger charge is 2.20. The van der Waals surface area contributed by atoms with E-state index in [2.05, 4.69) is 0 Å². The molecule has 0 aliphatic rings. The molecule has 0 fully saturated rings. The summed E-state index contributed by atoms with van der Waals surface area (Å²) in [5.41, 5.74) is 4.12. The van der Waals surface area contributed by atoms with Crippen LogP contribution in [0.5, 0.6) is 5.75 Å². The Hall–Kier alpha value is -2.02. The highest BCUT2D eigenvalue weighted by atomic mass is 19.1. The minimum atomic E-state index is -1.20. The molecule has 0 aromatic heterocycles. The highest BCUT2D eigenvalue weighted by molar-refractivity contribution is 5.99. The second-order valence-electron chi connectivity index (χ2n) is 3.04. The number of halogens is 1. The van der Waals surface area contributed by atoms with Crippen molar-refractivity contribution in [2.24, 2.45) is 5.73 Å². The van der Waals surface area contributed by atoms with Crippen molar-refractivity contribution in [3.63, 3.8) is 0 Å². The number of carbonyl (C=O) groups is 1. The molecule has 7 heteroatoms. The number of non-ortho nitro benzene ring substituents is 1. The normalized spacial score (nSPS) is 10.1. The van der Waals surface area contributed by atoms with E-state index >= 15 is 0 Å². The molecule has 0 saturated heterocycles. The fraction of sp³-hybridized carbons (Fsp3) is 0.222. The topological polar surface area (TPSA) is 106 Å². The summed E-state index contributed by atoms with van der Waals surface area (Å²) in [7, 11) is 0.